The van der Waals surface area contributed by atoms with Crippen LogP contribution in [0.15, 0.2) is 34.2 Å². The Morgan fingerprint density at radius 3 is 2.83 bits per heavy atom. The van der Waals surface area contributed by atoms with Crippen LogP contribution in [-0.2, 0) is 6.42 Å². The van der Waals surface area contributed by atoms with Crippen LogP contribution < -0.4 is 5.73 Å². The zero-order valence-corrected chi connectivity index (χ0v) is 11.5. The van der Waals surface area contributed by atoms with Gasteiger partial charge in [-0.15, -0.1) is 22.7 Å². The number of anilines is 1. The van der Waals surface area contributed by atoms with E-state index in [1.54, 1.807) is 22.7 Å². The molecule has 3 aromatic rings. The van der Waals surface area contributed by atoms with Gasteiger partial charge >= 0.3 is 0 Å². The number of hydrogen-bond acceptors (Lipinski definition) is 5. The maximum absolute atomic E-state index is 5.89. The van der Waals surface area contributed by atoms with Crippen molar-refractivity contribution in [3.05, 3.63) is 34.5 Å². The first-order chi connectivity index (χ1) is 8.79. The van der Waals surface area contributed by atoms with E-state index < -0.39 is 0 Å². The molecule has 0 atom stereocenters. The molecule has 3 aromatic heterocycles. The minimum Gasteiger partial charge on any atom is -0.367 e. The van der Waals surface area contributed by atoms with Gasteiger partial charge in [0.25, 0.3) is 0 Å². The minimum atomic E-state index is 0.388. The van der Waals surface area contributed by atoms with E-state index in [0.29, 0.717) is 5.88 Å². The summed E-state index contributed by atoms with van der Waals surface area (Å²) in [6, 6.07) is 8.24. The number of hydrogen-bond donors (Lipinski definition) is 1. The molecule has 0 radical (unpaired) electrons. The Labute approximate surface area is 113 Å². The van der Waals surface area contributed by atoms with Gasteiger partial charge in [0.2, 0.25) is 5.88 Å². The van der Waals surface area contributed by atoms with Crippen LogP contribution in [0.25, 0.3) is 21.0 Å². The number of aryl methyl sites for hydroxylation is 1. The van der Waals surface area contributed by atoms with Crippen LogP contribution in [0, 0.1) is 0 Å². The maximum Gasteiger partial charge on any atom is 0.231 e. The van der Waals surface area contributed by atoms with Gasteiger partial charge < -0.3 is 10.3 Å². The van der Waals surface area contributed by atoms with Crippen molar-refractivity contribution in [3.63, 3.8) is 0 Å². The van der Waals surface area contributed by atoms with Crippen LogP contribution in [0.5, 0.6) is 0 Å². The molecule has 0 spiro atoms. The first-order valence-electron chi connectivity index (χ1n) is 5.67. The first-order valence-corrected chi connectivity index (χ1v) is 7.37. The van der Waals surface area contributed by atoms with Crippen LogP contribution >= 0.6 is 22.7 Å². The molecule has 0 aromatic carbocycles. The standard InChI is InChI=1S/C13H12N2OS2/c1-2-8-5-6-10(18-8)12-11(13(14)16-15-12)9-4-3-7-17-9/h3-7H,2,14H2,1H3. The molecule has 0 fully saturated rings. The van der Waals surface area contributed by atoms with Gasteiger partial charge in [-0.25, -0.2) is 0 Å². The zero-order chi connectivity index (χ0) is 12.5. The smallest absolute Gasteiger partial charge is 0.231 e. The Kier molecular flexibility index (Phi) is 2.93. The topological polar surface area (TPSA) is 52.0 Å². The molecule has 0 bridgehead atoms. The van der Waals surface area contributed by atoms with E-state index in [9.17, 15) is 0 Å². The van der Waals surface area contributed by atoms with Crippen LogP contribution in [-0.4, -0.2) is 5.16 Å². The second kappa shape index (κ2) is 4.59. The Balaban J connectivity index is 2.13. The largest absolute Gasteiger partial charge is 0.367 e. The summed E-state index contributed by atoms with van der Waals surface area (Å²) in [7, 11) is 0. The van der Waals surface area contributed by atoms with Crippen LogP contribution in [0.1, 0.15) is 11.8 Å². The van der Waals surface area contributed by atoms with Crippen LogP contribution in [0.3, 0.4) is 0 Å². The molecule has 0 saturated heterocycles. The lowest BCUT2D eigenvalue weighted by Crippen LogP contribution is -1.84. The van der Waals surface area contributed by atoms with E-state index in [0.717, 1.165) is 27.4 Å². The monoisotopic (exact) mass is 276 g/mol. The second-order valence-corrected chi connectivity index (χ2v) is 5.98. The number of aromatic nitrogens is 1. The molecule has 18 heavy (non-hydrogen) atoms. The van der Waals surface area contributed by atoms with Crippen LogP contribution in [0.2, 0.25) is 0 Å². The second-order valence-electron chi connectivity index (χ2n) is 3.87. The number of nitrogens with zero attached hydrogens (tertiary/aromatic N) is 1. The van der Waals surface area contributed by atoms with Crippen molar-refractivity contribution in [3.8, 4) is 21.0 Å². The molecule has 2 N–H and O–H groups in total. The van der Waals surface area contributed by atoms with Gasteiger partial charge in [0.15, 0.2) is 0 Å². The fraction of sp³-hybridized carbons (Fsp3) is 0.154. The van der Waals surface area contributed by atoms with E-state index in [1.807, 2.05) is 17.5 Å². The summed E-state index contributed by atoms with van der Waals surface area (Å²) in [5.74, 6) is 0.388. The molecule has 3 nitrogen and oxygen atoms in total. The van der Waals surface area contributed by atoms with Crippen molar-refractivity contribution in [1.29, 1.82) is 0 Å². The quantitative estimate of drug-likeness (QED) is 0.777. The molecule has 0 unspecified atom stereocenters. The molecule has 0 amide bonds. The highest BCUT2D eigenvalue weighted by molar-refractivity contribution is 7.16. The SMILES string of the molecule is CCc1ccc(-c2noc(N)c2-c2cccs2)s1. The van der Waals surface area contributed by atoms with Gasteiger partial charge in [0.05, 0.1) is 10.4 Å². The summed E-state index contributed by atoms with van der Waals surface area (Å²) >= 11 is 3.38. The summed E-state index contributed by atoms with van der Waals surface area (Å²) in [6.45, 7) is 2.15. The summed E-state index contributed by atoms with van der Waals surface area (Å²) in [5, 5.41) is 6.13. The summed E-state index contributed by atoms with van der Waals surface area (Å²) in [6.07, 6.45) is 1.03. The molecule has 0 aliphatic heterocycles. The molecule has 92 valence electrons. The van der Waals surface area contributed by atoms with E-state index >= 15 is 0 Å². The van der Waals surface area contributed by atoms with Crippen molar-refractivity contribution < 1.29 is 4.52 Å². The lowest BCUT2D eigenvalue weighted by molar-refractivity contribution is 0.439. The highest BCUT2D eigenvalue weighted by Gasteiger charge is 2.19. The van der Waals surface area contributed by atoms with Crippen molar-refractivity contribution >= 4 is 28.6 Å². The summed E-state index contributed by atoms with van der Waals surface area (Å²) in [5.41, 5.74) is 7.65. The number of rotatable bonds is 3. The molecule has 5 heteroatoms. The van der Waals surface area contributed by atoms with E-state index in [1.165, 1.54) is 4.88 Å². The average Bonchev–Trinajstić information content (AvgIpc) is 3.07. The van der Waals surface area contributed by atoms with Gasteiger partial charge in [-0.05, 0) is 30.0 Å². The Hall–Kier alpha value is -1.59. The van der Waals surface area contributed by atoms with Gasteiger partial charge in [0, 0.05) is 9.75 Å². The number of thiophene rings is 2. The fourth-order valence-electron chi connectivity index (χ4n) is 1.83. The Morgan fingerprint density at radius 1 is 1.28 bits per heavy atom. The minimum absolute atomic E-state index is 0.388. The predicted octanol–water partition coefficient (Wildman–Crippen LogP) is 4.28. The first kappa shape index (κ1) is 11.5. The molecule has 0 aliphatic carbocycles. The maximum atomic E-state index is 5.89. The third-order valence-corrected chi connectivity index (χ3v) is 4.85. The molecule has 3 heterocycles. The van der Waals surface area contributed by atoms with Crippen molar-refractivity contribution in [1.82, 2.24) is 5.16 Å². The molecular formula is C13H12N2OS2. The number of nitrogen functional groups attached to an aromatic ring is 1. The fourth-order valence-corrected chi connectivity index (χ4v) is 3.54. The average molecular weight is 276 g/mol. The van der Waals surface area contributed by atoms with E-state index in [-0.39, 0.29) is 0 Å². The molecule has 0 aliphatic rings. The number of nitrogens with two attached hydrogens (primary N) is 1. The van der Waals surface area contributed by atoms with Crippen LogP contribution in [0.4, 0.5) is 5.88 Å². The zero-order valence-electron chi connectivity index (χ0n) is 9.84. The van der Waals surface area contributed by atoms with E-state index in [4.69, 9.17) is 10.3 Å². The summed E-state index contributed by atoms with van der Waals surface area (Å²) in [4.78, 5) is 3.54. The Morgan fingerprint density at radius 2 is 2.17 bits per heavy atom. The molecular weight excluding hydrogens is 264 g/mol. The Bertz CT molecular complexity index is 652. The third-order valence-electron chi connectivity index (χ3n) is 2.73. The lowest BCUT2D eigenvalue weighted by atomic mass is 10.1. The highest BCUT2D eigenvalue weighted by Crippen LogP contribution is 2.40. The molecule has 3 rings (SSSR count). The predicted molar refractivity (Wildman–Crippen MR) is 76.9 cm³/mol. The van der Waals surface area contributed by atoms with Gasteiger partial charge in [0.1, 0.15) is 5.69 Å². The lowest BCUT2D eigenvalue weighted by Gasteiger charge is -1.96. The van der Waals surface area contributed by atoms with Crippen molar-refractivity contribution in [2.45, 2.75) is 13.3 Å². The van der Waals surface area contributed by atoms with Gasteiger partial charge in [-0.1, -0.05) is 18.1 Å². The van der Waals surface area contributed by atoms with Crippen molar-refractivity contribution in [2.24, 2.45) is 0 Å². The van der Waals surface area contributed by atoms with E-state index in [2.05, 4.69) is 24.2 Å². The summed E-state index contributed by atoms with van der Waals surface area (Å²) < 4.78 is 5.16. The normalized spacial score (nSPS) is 10.9. The molecule has 0 saturated carbocycles. The highest BCUT2D eigenvalue weighted by atomic mass is 32.1. The van der Waals surface area contributed by atoms with Gasteiger partial charge in [-0.3, -0.25) is 0 Å². The van der Waals surface area contributed by atoms with Crippen molar-refractivity contribution in [2.75, 3.05) is 5.73 Å². The third kappa shape index (κ3) is 1.85. The van der Waals surface area contributed by atoms with Gasteiger partial charge in [-0.2, -0.15) is 0 Å².